The summed E-state index contributed by atoms with van der Waals surface area (Å²) in [5, 5.41) is 8.91. The molecule has 14 heavy (non-hydrogen) atoms. The van der Waals surface area contributed by atoms with Gasteiger partial charge in [-0.3, -0.25) is 0 Å². The molecule has 0 radical (unpaired) electrons. The van der Waals surface area contributed by atoms with E-state index in [1.807, 2.05) is 17.6 Å². The minimum Gasteiger partial charge on any atom is -0.477 e. The Bertz CT molecular complexity index is 315. The molecule has 0 atom stereocenters. The van der Waals surface area contributed by atoms with Crippen LogP contribution in [0.2, 0.25) is 0 Å². The maximum absolute atomic E-state index is 10.8. The van der Waals surface area contributed by atoms with E-state index in [-0.39, 0.29) is 0 Å². The molecule has 1 aromatic heterocycles. The van der Waals surface area contributed by atoms with Crippen LogP contribution in [0.15, 0.2) is 12.1 Å². The molecule has 0 aliphatic rings. The summed E-state index contributed by atoms with van der Waals surface area (Å²) in [7, 11) is 0. The minimum atomic E-state index is -0.838. The molecule has 0 saturated carbocycles. The number of carbonyl (C=O) groups is 1. The van der Waals surface area contributed by atoms with Crippen LogP contribution in [0.3, 0.4) is 0 Å². The van der Waals surface area contributed by atoms with Crippen molar-refractivity contribution in [3.63, 3.8) is 0 Å². The first kappa shape index (κ1) is 10.8. The van der Waals surface area contributed by atoms with Gasteiger partial charge in [0.1, 0.15) is 5.69 Å². The van der Waals surface area contributed by atoms with Crippen LogP contribution in [0.4, 0.5) is 0 Å². The maximum Gasteiger partial charge on any atom is 0.352 e. The Morgan fingerprint density at radius 2 is 2.14 bits per heavy atom. The predicted molar refractivity (Wildman–Crippen MR) is 55.7 cm³/mol. The highest BCUT2D eigenvalue weighted by molar-refractivity contribution is 5.86. The van der Waals surface area contributed by atoms with Gasteiger partial charge < -0.3 is 9.67 Å². The van der Waals surface area contributed by atoms with E-state index in [4.69, 9.17) is 5.11 Å². The Morgan fingerprint density at radius 3 is 2.64 bits per heavy atom. The van der Waals surface area contributed by atoms with Crippen molar-refractivity contribution in [3.8, 4) is 0 Å². The van der Waals surface area contributed by atoms with Crippen molar-refractivity contribution in [2.24, 2.45) is 0 Å². The predicted octanol–water partition coefficient (Wildman–Crippen LogP) is 2.55. The van der Waals surface area contributed by atoms with Crippen molar-refractivity contribution < 1.29 is 9.90 Å². The molecule has 1 rings (SSSR count). The van der Waals surface area contributed by atoms with Crippen LogP contribution >= 0.6 is 0 Å². The largest absolute Gasteiger partial charge is 0.477 e. The van der Waals surface area contributed by atoms with E-state index in [9.17, 15) is 4.79 Å². The third-order valence-corrected chi connectivity index (χ3v) is 2.39. The molecule has 0 fully saturated rings. The second-order valence-electron chi connectivity index (χ2n) is 3.36. The molecule has 0 unspecified atom stereocenters. The summed E-state index contributed by atoms with van der Waals surface area (Å²) in [6.45, 7) is 4.84. The SMILES string of the molecule is CCCCc1ccc(C(=O)O)n1CC. The molecule has 1 heterocycles. The number of nitrogens with zero attached hydrogens (tertiary/aromatic N) is 1. The van der Waals surface area contributed by atoms with Gasteiger partial charge in [-0.1, -0.05) is 13.3 Å². The fourth-order valence-electron chi connectivity index (χ4n) is 1.65. The molecule has 1 N–H and O–H groups in total. The number of hydrogen-bond acceptors (Lipinski definition) is 1. The van der Waals surface area contributed by atoms with E-state index in [2.05, 4.69) is 6.92 Å². The summed E-state index contributed by atoms with van der Waals surface area (Å²) in [5.41, 5.74) is 1.53. The quantitative estimate of drug-likeness (QED) is 0.784. The molecule has 1 aromatic rings. The number of carboxylic acid groups (broad SMARTS) is 1. The monoisotopic (exact) mass is 195 g/mol. The third-order valence-electron chi connectivity index (χ3n) is 2.39. The molecule has 0 spiro atoms. The Balaban J connectivity index is 2.89. The molecule has 0 amide bonds. The second kappa shape index (κ2) is 4.84. The van der Waals surface area contributed by atoms with Crippen molar-refractivity contribution in [3.05, 3.63) is 23.5 Å². The van der Waals surface area contributed by atoms with Gasteiger partial charge in [0.05, 0.1) is 0 Å². The number of carboxylic acids is 1. The highest BCUT2D eigenvalue weighted by Crippen LogP contribution is 2.12. The summed E-state index contributed by atoms with van der Waals surface area (Å²) in [5.74, 6) is -0.838. The molecule has 0 aliphatic heterocycles. The lowest BCUT2D eigenvalue weighted by atomic mass is 10.2. The van der Waals surface area contributed by atoms with Gasteiger partial charge >= 0.3 is 5.97 Å². The Hall–Kier alpha value is -1.25. The van der Waals surface area contributed by atoms with Gasteiger partial charge in [0.2, 0.25) is 0 Å². The summed E-state index contributed by atoms with van der Waals surface area (Å²) in [4.78, 5) is 10.8. The Kier molecular flexibility index (Phi) is 3.74. The summed E-state index contributed by atoms with van der Waals surface area (Å²) in [6.07, 6.45) is 3.22. The zero-order chi connectivity index (χ0) is 10.6. The van der Waals surface area contributed by atoms with E-state index >= 15 is 0 Å². The highest BCUT2D eigenvalue weighted by Gasteiger charge is 2.11. The number of aromatic carboxylic acids is 1. The topological polar surface area (TPSA) is 42.2 Å². The first-order valence-corrected chi connectivity index (χ1v) is 5.12. The van der Waals surface area contributed by atoms with Gasteiger partial charge in [-0.2, -0.15) is 0 Å². The van der Waals surface area contributed by atoms with Crippen LogP contribution in [0.1, 0.15) is 42.9 Å². The third kappa shape index (κ3) is 2.16. The van der Waals surface area contributed by atoms with Crippen LogP contribution < -0.4 is 0 Å². The van der Waals surface area contributed by atoms with E-state index in [1.54, 1.807) is 6.07 Å². The Labute approximate surface area is 84.4 Å². The van der Waals surface area contributed by atoms with Gasteiger partial charge in [0, 0.05) is 12.2 Å². The standard InChI is InChI=1S/C11H17NO2/c1-3-5-6-9-7-8-10(11(13)14)12(9)4-2/h7-8H,3-6H2,1-2H3,(H,13,14). The van der Waals surface area contributed by atoms with Crippen molar-refractivity contribution in [1.82, 2.24) is 4.57 Å². The fraction of sp³-hybridized carbons (Fsp3) is 0.545. The molecular formula is C11H17NO2. The van der Waals surface area contributed by atoms with E-state index in [1.165, 1.54) is 0 Å². The number of aromatic nitrogens is 1. The second-order valence-corrected chi connectivity index (χ2v) is 3.36. The molecule has 0 aliphatic carbocycles. The summed E-state index contributed by atoms with van der Waals surface area (Å²) >= 11 is 0. The lowest BCUT2D eigenvalue weighted by Gasteiger charge is -2.07. The van der Waals surface area contributed by atoms with E-state index < -0.39 is 5.97 Å². The van der Waals surface area contributed by atoms with Crippen LogP contribution in [-0.2, 0) is 13.0 Å². The van der Waals surface area contributed by atoms with Crippen molar-refractivity contribution in [2.45, 2.75) is 39.7 Å². The molecule has 3 nitrogen and oxygen atoms in total. The van der Waals surface area contributed by atoms with Gasteiger partial charge in [0.15, 0.2) is 0 Å². The lowest BCUT2D eigenvalue weighted by molar-refractivity contribution is 0.0685. The van der Waals surface area contributed by atoms with Crippen LogP contribution in [0, 0.1) is 0 Å². The van der Waals surface area contributed by atoms with Gasteiger partial charge in [0.25, 0.3) is 0 Å². The van der Waals surface area contributed by atoms with Crippen LogP contribution in [0.5, 0.6) is 0 Å². The van der Waals surface area contributed by atoms with Crippen LogP contribution in [-0.4, -0.2) is 15.6 Å². The molecule has 3 heteroatoms. The van der Waals surface area contributed by atoms with E-state index in [0.29, 0.717) is 5.69 Å². The molecular weight excluding hydrogens is 178 g/mol. The number of unbranched alkanes of at least 4 members (excludes halogenated alkanes) is 1. The summed E-state index contributed by atoms with van der Waals surface area (Å²) < 4.78 is 1.87. The summed E-state index contributed by atoms with van der Waals surface area (Å²) in [6, 6.07) is 3.61. The average Bonchev–Trinajstić information content (AvgIpc) is 2.57. The minimum absolute atomic E-state index is 0.401. The molecule has 78 valence electrons. The number of hydrogen-bond donors (Lipinski definition) is 1. The van der Waals surface area contributed by atoms with Crippen molar-refractivity contribution >= 4 is 5.97 Å². The fourth-order valence-corrected chi connectivity index (χ4v) is 1.65. The zero-order valence-corrected chi connectivity index (χ0v) is 8.79. The first-order chi connectivity index (χ1) is 6.70. The average molecular weight is 195 g/mol. The number of aryl methyl sites for hydroxylation is 1. The van der Waals surface area contributed by atoms with Gasteiger partial charge in [-0.15, -0.1) is 0 Å². The molecule has 0 bridgehead atoms. The van der Waals surface area contributed by atoms with Crippen molar-refractivity contribution in [1.29, 1.82) is 0 Å². The zero-order valence-electron chi connectivity index (χ0n) is 8.79. The van der Waals surface area contributed by atoms with Crippen LogP contribution in [0.25, 0.3) is 0 Å². The lowest BCUT2D eigenvalue weighted by Crippen LogP contribution is -2.09. The molecule has 0 aromatic carbocycles. The maximum atomic E-state index is 10.8. The van der Waals surface area contributed by atoms with Crippen molar-refractivity contribution in [2.75, 3.05) is 0 Å². The smallest absolute Gasteiger partial charge is 0.352 e. The van der Waals surface area contributed by atoms with Gasteiger partial charge in [-0.25, -0.2) is 4.79 Å². The highest BCUT2D eigenvalue weighted by atomic mass is 16.4. The Morgan fingerprint density at radius 1 is 1.43 bits per heavy atom. The van der Waals surface area contributed by atoms with E-state index in [0.717, 1.165) is 31.5 Å². The first-order valence-electron chi connectivity index (χ1n) is 5.12. The normalized spacial score (nSPS) is 10.4. The molecule has 0 saturated heterocycles. The van der Waals surface area contributed by atoms with Gasteiger partial charge in [-0.05, 0) is 31.9 Å². The number of rotatable bonds is 5.